The van der Waals surface area contributed by atoms with Crippen molar-refractivity contribution in [1.29, 1.82) is 0 Å². The number of carboxylic acids is 1. The Balaban J connectivity index is 3.18. The maximum atomic E-state index is 10.3. The Hall–Kier alpha value is -0.570. The van der Waals surface area contributed by atoms with Gasteiger partial charge in [0.2, 0.25) is 0 Å². The van der Waals surface area contributed by atoms with Gasteiger partial charge >= 0.3 is 5.97 Å². The number of carbonyl (C=O) groups is 1. The predicted octanol–water partition coefficient (Wildman–Crippen LogP) is 3.32. The second kappa shape index (κ2) is 10.9. The summed E-state index contributed by atoms with van der Waals surface area (Å²) in [6.45, 7) is 2.22. The van der Waals surface area contributed by atoms with Crippen LogP contribution in [0, 0.1) is 0 Å². The molecule has 16 heavy (non-hydrogen) atoms. The largest absolute Gasteiger partial charge is 0.481 e. The van der Waals surface area contributed by atoms with Gasteiger partial charge in [-0.25, -0.2) is 0 Å². The molecule has 0 rings (SSSR count). The summed E-state index contributed by atoms with van der Waals surface area (Å²) in [5.41, 5.74) is 5.96. The molecule has 0 spiro atoms. The smallest absolute Gasteiger partial charge is 0.303 e. The third-order valence-electron chi connectivity index (χ3n) is 2.89. The molecule has 0 radical (unpaired) electrons. The molecule has 0 aliphatic carbocycles. The van der Waals surface area contributed by atoms with Gasteiger partial charge in [0, 0.05) is 12.5 Å². The van der Waals surface area contributed by atoms with Gasteiger partial charge in [0.15, 0.2) is 0 Å². The van der Waals surface area contributed by atoms with E-state index in [2.05, 4.69) is 6.92 Å². The summed E-state index contributed by atoms with van der Waals surface area (Å²) in [5.74, 6) is -0.701. The molecule has 0 fully saturated rings. The highest BCUT2D eigenvalue weighted by atomic mass is 16.4. The number of rotatable bonds is 11. The second-order valence-electron chi connectivity index (χ2n) is 4.60. The van der Waals surface area contributed by atoms with Crippen LogP contribution in [0.3, 0.4) is 0 Å². The van der Waals surface area contributed by atoms with Crippen molar-refractivity contribution < 1.29 is 9.90 Å². The Bertz CT molecular complexity index is 171. The lowest BCUT2D eigenvalue weighted by Crippen LogP contribution is -2.19. The molecule has 1 unspecified atom stereocenters. The van der Waals surface area contributed by atoms with Crippen LogP contribution in [0.2, 0.25) is 0 Å². The summed E-state index contributed by atoms with van der Waals surface area (Å²) >= 11 is 0. The normalized spacial score (nSPS) is 12.6. The lowest BCUT2D eigenvalue weighted by molar-refractivity contribution is -0.137. The molecule has 0 aromatic rings. The maximum Gasteiger partial charge on any atom is 0.303 e. The van der Waals surface area contributed by atoms with Crippen molar-refractivity contribution in [3.63, 3.8) is 0 Å². The topological polar surface area (TPSA) is 63.3 Å². The van der Waals surface area contributed by atoms with E-state index in [-0.39, 0.29) is 12.5 Å². The summed E-state index contributed by atoms with van der Waals surface area (Å²) in [6.07, 6.45) is 10.5. The van der Waals surface area contributed by atoms with Gasteiger partial charge in [0.05, 0.1) is 0 Å². The van der Waals surface area contributed by atoms with E-state index in [0.29, 0.717) is 0 Å². The number of nitrogens with two attached hydrogens (primary N) is 1. The molecule has 3 N–H and O–H groups in total. The summed E-state index contributed by atoms with van der Waals surface area (Å²) in [6, 6.07) is 0.274. The average molecular weight is 229 g/mol. The first-order valence-corrected chi connectivity index (χ1v) is 6.64. The summed E-state index contributed by atoms with van der Waals surface area (Å²) in [5, 5.41) is 8.47. The molecule has 0 aliphatic heterocycles. The van der Waals surface area contributed by atoms with Crippen molar-refractivity contribution in [2.75, 3.05) is 0 Å². The molecule has 3 heteroatoms. The van der Waals surface area contributed by atoms with Crippen LogP contribution in [-0.2, 0) is 4.79 Å². The lowest BCUT2D eigenvalue weighted by Gasteiger charge is -2.10. The van der Waals surface area contributed by atoms with Crippen LogP contribution in [0.15, 0.2) is 0 Å². The van der Waals surface area contributed by atoms with Gasteiger partial charge < -0.3 is 10.8 Å². The van der Waals surface area contributed by atoms with Crippen LogP contribution < -0.4 is 5.73 Å². The number of aliphatic carboxylic acids is 1. The molecule has 96 valence electrons. The van der Waals surface area contributed by atoms with Crippen molar-refractivity contribution in [3.8, 4) is 0 Å². The molecule has 0 amide bonds. The van der Waals surface area contributed by atoms with Gasteiger partial charge in [-0.15, -0.1) is 0 Å². The van der Waals surface area contributed by atoms with Crippen LogP contribution in [-0.4, -0.2) is 17.1 Å². The van der Waals surface area contributed by atoms with Gasteiger partial charge in [-0.05, 0) is 19.3 Å². The second-order valence-corrected chi connectivity index (χ2v) is 4.60. The molecule has 0 aliphatic rings. The van der Waals surface area contributed by atoms with E-state index in [1.165, 1.54) is 32.1 Å². The zero-order valence-corrected chi connectivity index (χ0v) is 10.6. The first-order valence-electron chi connectivity index (χ1n) is 6.64. The van der Waals surface area contributed by atoms with Crippen LogP contribution in [0.4, 0.5) is 0 Å². The highest BCUT2D eigenvalue weighted by Gasteiger charge is 2.03. The fourth-order valence-electron chi connectivity index (χ4n) is 1.84. The Morgan fingerprint density at radius 2 is 1.62 bits per heavy atom. The minimum atomic E-state index is -0.701. The molecule has 3 nitrogen and oxygen atoms in total. The van der Waals surface area contributed by atoms with E-state index < -0.39 is 5.97 Å². The molecule has 0 aromatic carbocycles. The third kappa shape index (κ3) is 11.5. The Labute approximate surface area is 99.4 Å². The molecular formula is C13H27NO2. The Morgan fingerprint density at radius 3 is 2.19 bits per heavy atom. The number of hydrogen-bond acceptors (Lipinski definition) is 2. The predicted molar refractivity (Wildman–Crippen MR) is 67.5 cm³/mol. The fourth-order valence-corrected chi connectivity index (χ4v) is 1.84. The van der Waals surface area contributed by atoms with Crippen molar-refractivity contribution in [2.45, 2.75) is 77.2 Å². The van der Waals surface area contributed by atoms with Crippen LogP contribution in [0.1, 0.15) is 71.1 Å². The maximum absolute atomic E-state index is 10.3. The van der Waals surface area contributed by atoms with Crippen molar-refractivity contribution in [2.24, 2.45) is 5.73 Å². The minimum absolute atomic E-state index is 0.274. The Kier molecular flexibility index (Phi) is 10.5. The van der Waals surface area contributed by atoms with E-state index in [1.54, 1.807) is 0 Å². The average Bonchev–Trinajstić information content (AvgIpc) is 2.24. The van der Waals surface area contributed by atoms with Gasteiger partial charge in [0.25, 0.3) is 0 Å². The molecular weight excluding hydrogens is 202 g/mol. The van der Waals surface area contributed by atoms with Crippen molar-refractivity contribution in [3.05, 3.63) is 0 Å². The monoisotopic (exact) mass is 229 g/mol. The van der Waals surface area contributed by atoms with Crippen LogP contribution in [0.5, 0.6) is 0 Å². The SMILES string of the molecule is CCCCCCCC(N)CCCCC(=O)O. The number of carboxylic acid groups (broad SMARTS) is 1. The van der Waals surface area contributed by atoms with E-state index in [0.717, 1.165) is 25.7 Å². The van der Waals surface area contributed by atoms with Crippen molar-refractivity contribution >= 4 is 5.97 Å². The molecule has 0 aromatic heterocycles. The number of unbranched alkanes of at least 4 members (excludes halogenated alkanes) is 5. The summed E-state index contributed by atoms with van der Waals surface area (Å²) < 4.78 is 0. The van der Waals surface area contributed by atoms with E-state index in [1.807, 2.05) is 0 Å². The van der Waals surface area contributed by atoms with Gasteiger partial charge in [0.1, 0.15) is 0 Å². The van der Waals surface area contributed by atoms with Gasteiger partial charge in [-0.2, -0.15) is 0 Å². The molecule has 1 atom stereocenters. The standard InChI is InChI=1S/C13H27NO2/c1-2-3-4-5-6-9-12(14)10-7-8-11-13(15)16/h12H,2-11,14H2,1H3,(H,15,16). The summed E-state index contributed by atoms with van der Waals surface area (Å²) in [7, 11) is 0. The third-order valence-corrected chi connectivity index (χ3v) is 2.89. The first-order chi connectivity index (χ1) is 7.66. The summed E-state index contributed by atoms with van der Waals surface area (Å²) in [4.78, 5) is 10.3. The molecule has 0 saturated carbocycles. The number of hydrogen-bond donors (Lipinski definition) is 2. The quantitative estimate of drug-likeness (QED) is 0.534. The van der Waals surface area contributed by atoms with Gasteiger partial charge in [-0.3, -0.25) is 4.79 Å². The van der Waals surface area contributed by atoms with E-state index in [9.17, 15) is 4.79 Å². The van der Waals surface area contributed by atoms with E-state index >= 15 is 0 Å². The van der Waals surface area contributed by atoms with Gasteiger partial charge in [-0.1, -0.05) is 45.4 Å². The van der Waals surface area contributed by atoms with Crippen molar-refractivity contribution in [1.82, 2.24) is 0 Å². The Morgan fingerprint density at radius 1 is 1.06 bits per heavy atom. The fraction of sp³-hybridized carbons (Fsp3) is 0.923. The van der Waals surface area contributed by atoms with Crippen LogP contribution in [0.25, 0.3) is 0 Å². The molecule has 0 bridgehead atoms. The minimum Gasteiger partial charge on any atom is -0.481 e. The zero-order valence-electron chi connectivity index (χ0n) is 10.6. The molecule has 0 saturated heterocycles. The van der Waals surface area contributed by atoms with Crippen LogP contribution >= 0.6 is 0 Å². The molecule has 0 heterocycles. The van der Waals surface area contributed by atoms with E-state index in [4.69, 9.17) is 10.8 Å². The lowest BCUT2D eigenvalue weighted by atomic mass is 10.0. The zero-order chi connectivity index (χ0) is 12.2. The highest BCUT2D eigenvalue weighted by molar-refractivity contribution is 5.66. The highest BCUT2D eigenvalue weighted by Crippen LogP contribution is 2.10. The first kappa shape index (κ1) is 15.4.